The SMILES string of the molecule is [2H]C([2H])([2H])C(c1ccc(-c2ccc3cc4c(cc3c2)-c2cc3ccc(N(c5ccccc5)c5c(-c6ccccc6)c6ccccc6c6ccccc56)cc3cc2-4)cc1)(C([2H])([2H])[2H])C([2H])([2H])[2H]. The lowest BCUT2D eigenvalue weighted by Gasteiger charge is -2.31. The largest absolute Gasteiger partial charge is 0.309 e. The molecule has 1 heteroatoms. The molecule has 0 spiro atoms. The number of rotatable bonds is 5. The third-order valence-electron chi connectivity index (χ3n) is 11.6. The Bertz CT molecular complexity index is 3500. The van der Waals surface area contributed by atoms with E-state index in [1.165, 1.54) is 50.5 Å². The molecule has 0 aromatic heterocycles. The molecule has 0 amide bonds. The zero-order chi connectivity index (χ0) is 45.8. The Hall–Kier alpha value is -6.96. The second-order valence-corrected chi connectivity index (χ2v) is 15.1. The second-order valence-electron chi connectivity index (χ2n) is 15.1. The van der Waals surface area contributed by atoms with Gasteiger partial charge in [-0.05, 0) is 142 Å². The summed E-state index contributed by atoms with van der Waals surface area (Å²) < 4.78 is 73.0. The third-order valence-corrected chi connectivity index (χ3v) is 11.6. The number of fused-ring (bicyclic) bond motifs is 9. The average molecular weight is 737 g/mol. The Balaban J connectivity index is 1.000. The van der Waals surface area contributed by atoms with Gasteiger partial charge in [0.25, 0.3) is 0 Å². The van der Waals surface area contributed by atoms with Crippen LogP contribution in [0, 0.1) is 0 Å². The van der Waals surface area contributed by atoms with Crippen LogP contribution in [0.2, 0.25) is 0 Å². The molecule has 0 saturated carbocycles. The van der Waals surface area contributed by atoms with Crippen molar-refractivity contribution in [3.63, 3.8) is 0 Å². The van der Waals surface area contributed by atoms with Crippen molar-refractivity contribution < 1.29 is 12.3 Å². The number of para-hydroxylation sites is 1. The van der Waals surface area contributed by atoms with Crippen LogP contribution in [0.4, 0.5) is 17.1 Å². The predicted octanol–water partition coefficient (Wildman–Crippen LogP) is 16.0. The van der Waals surface area contributed by atoms with Crippen molar-refractivity contribution in [2.45, 2.75) is 26.0 Å². The first-order chi connectivity index (χ1) is 31.6. The van der Waals surface area contributed by atoms with Gasteiger partial charge in [0, 0.05) is 34.7 Å². The highest BCUT2D eigenvalue weighted by Crippen LogP contribution is 2.53. The van der Waals surface area contributed by atoms with Crippen LogP contribution in [0.15, 0.2) is 194 Å². The summed E-state index contributed by atoms with van der Waals surface area (Å²) in [5.41, 5.74) is 8.44. The summed E-state index contributed by atoms with van der Waals surface area (Å²) in [6, 6.07) is 66.3. The van der Waals surface area contributed by atoms with Crippen molar-refractivity contribution in [2.75, 3.05) is 4.90 Å². The molecule has 0 radical (unpaired) electrons. The zero-order valence-electron chi connectivity index (χ0n) is 39.9. The minimum atomic E-state index is -3.32. The maximum absolute atomic E-state index is 8.12. The van der Waals surface area contributed by atoms with Crippen LogP contribution in [0.5, 0.6) is 0 Å². The number of hydrogen-bond acceptors (Lipinski definition) is 1. The van der Waals surface area contributed by atoms with Crippen LogP contribution in [0.3, 0.4) is 0 Å². The Morgan fingerprint density at radius 3 is 1.53 bits per heavy atom. The summed E-state index contributed by atoms with van der Waals surface area (Å²) in [6.45, 7) is -9.95. The molecule has 0 atom stereocenters. The lowest BCUT2D eigenvalue weighted by Crippen LogP contribution is -2.12. The topological polar surface area (TPSA) is 3.24 Å². The smallest absolute Gasteiger partial charge is 0.0624 e. The van der Waals surface area contributed by atoms with Crippen LogP contribution >= 0.6 is 0 Å². The molecule has 1 aliphatic rings. The third kappa shape index (κ3) is 5.46. The van der Waals surface area contributed by atoms with Gasteiger partial charge in [-0.1, -0.05) is 160 Å². The van der Waals surface area contributed by atoms with Crippen molar-refractivity contribution >= 4 is 60.2 Å². The van der Waals surface area contributed by atoms with E-state index in [9.17, 15) is 0 Å². The normalized spacial score (nSPS) is 15.1. The highest BCUT2D eigenvalue weighted by atomic mass is 15.1. The van der Waals surface area contributed by atoms with Gasteiger partial charge in [-0.15, -0.1) is 0 Å². The monoisotopic (exact) mass is 736 g/mol. The van der Waals surface area contributed by atoms with E-state index in [0.29, 0.717) is 5.56 Å². The molecule has 57 heavy (non-hydrogen) atoms. The van der Waals surface area contributed by atoms with E-state index in [4.69, 9.17) is 12.3 Å². The minimum Gasteiger partial charge on any atom is -0.309 e. The van der Waals surface area contributed by atoms with Crippen LogP contribution in [-0.4, -0.2) is 0 Å². The van der Waals surface area contributed by atoms with Gasteiger partial charge in [0.15, 0.2) is 0 Å². The molecule has 10 aromatic carbocycles. The number of anilines is 3. The summed E-state index contributed by atoms with van der Waals surface area (Å²) in [4.78, 5) is 2.41. The van der Waals surface area contributed by atoms with Crippen LogP contribution in [-0.2, 0) is 5.41 Å². The van der Waals surface area contributed by atoms with E-state index in [1.54, 1.807) is 12.1 Å². The van der Waals surface area contributed by atoms with Gasteiger partial charge < -0.3 is 4.90 Å². The molecular weight excluding hydrogens is 687 g/mol. The minimum absolute atomic E-state index is 0.267. The van der Waals surface area contributed by atoms with Gasteiger partial charge in [-0.2, -0.15) is 0 Å². The van der Waals surface area contributed by atoms with E-state index in [0.717, 1.165) is 60.7 Å². The van der Waals surface area contributed by atoms with Crippen LogP contribution in [0.1, 0.15) is 38.5 Å². The highest BCUT2D eigenvalue weighted by Gasteiger charge is 2.26. The van der Waals surface area contributed by atoms with Gasteiger partial charge in [-0.25, -0.2) is 0 Å². The molecule has 0 N–H and O–H groups in total. The van der Waals surface area contributed by atoms with Gasteiger partial charge >= 0.3 is 0 Å². The van der Waals surface area contributed by atoms with Crippen molar-refractivity contribution in [1.29, 1.82) is 0 Å². The average Bonchev–Trinajstić information content (AvgIpc) is 3.30. The zero-order valence-corrected chi connectivity index (χ0v) is 30.9. The number of hydrogen-bond donors (Lipinski definition) is 0. The molecule has 1 aliphatic carbocycles. The molecule has 1 nitrogen and oxygen atoms in total. The van der Waals surface area contributed by atoms with Crippen LogP contribution in [0.25, 0.3) is 87.6 Å². The molecular formula is C56H41N. The summed E-state index contributed by atoms with van der Waals surface area (Å²) in [5.74, 6) is 0. The summed E-state index contributed by atoms with van der Waals surface area (Å²) >= 11 is 0. The molecule has 0 aliphatic heterocycles. The quantitative estimate of drug-likeness (QED) is 0.159. The fourth-order valence-electron chi connectivity index (χ4n) is 8.88. The summed E-state index contributed by atoms with van der Waals surface area (Å²) in [7, 11) is 0. The highest BCUT2D eigenvalue weighted by molar-refractivity contribution is 6.22. The molecule has 0 fully saturated rings. The first kappa shape index (κ1) is 25.2. The van der Waals surface area contributed by atoms with Crippen molar-refractivity contribution in [3.05, 3.63) is 200 Å². The summed E-state index contributed by atoms with van der Waals surface area (Å²) in [5, 5.41) is 9.06. The van der Waals surface area contributed by atoms with E-state index in [1.807, 2.05) is 12.1 Å². The number of nitrogens with zero attached hydrogens (tertiary/aromatic N) is 1. The van der Waals surface area contributed by atoms with E-state index in [-0.39, 0.29) is 5.56 Å². The van der Waals surface area contributed by atoms with Crippen molar-refractivity contribution in [3.8, 4) is 44.5 Å². The lowest BCUT2D eigenvalue weighted by molar-refractivity contribution is 0.590. The summed E-state index contributed by atoms with van der Waals surface area (Å²) in [6.07, 6.45) is 0. The van der Waals surface area contributed by atoms with E-state index in [2.05, 4.69) is 163 Å². The van der Waals surface area contributed by atoms with Gasteiger partial charge in [0.2, 0.25) is 0 Å². The molecule has 10 aromatic rings. The molecule has 0 bridgehead atoms. The standard InChI is InChI=1S/C56H41N/c1-56(2,3)43-27-24-36(25-28-43)38-22-23-39-32-50-52(34-41(39)30-38)51-33-40-26-29-45(31-42(40)35-53(50)51)57(44-16-8-5-9-17-44)55-49-21-13-11-19-47(49)46-18-10-12-20-48(46)54(55)37-14-6-4-7-15-37/h4-35H,1-3H3/i1D3,2D3,3D3. The van der Waals surface area contributed by atoms with Crippen molar-refractivity contribution in [2.24, 2.45) is 0 Å². The first-order valence-corrected chi connectivity index (χ1v) is 19.3. The fraction of sp³-hybridized carbons (Fsp3) is 0.0714. The Labute approximate surface area is 346 Å². The molecule has 0 saturated heterocycles. The molecule has 270 valence electrons. The maximum atomic E-state index is 8.12. The Morgan fingerprint density at radius 1 is 0.368 bits per heavy atom. The van der Waals surface area contributed by atoms with Crippen molar-refractivity contribution in [1.82, 2.24) is 0 Å². The Morgan fingerprint density at radius 2 is 0.877 bits per heavy atom. The maximum Gasteiger partial charge on any atom is 0.0624 e. The first-order valence-electron chi connectivity index (χ1n) is 23.8. The van der Waals surface area contributed by atoms with Gasteiger partial charge in [0.1, 0.15) is 0 Å². The van der Waals surface area contributed by atoms with E-state index >= 15 is 0 Å². The fourth-order valence-corrected chi connectivity index (χ4v) is 8.88. The van der Waals surface area contributed by atoms with E-state index < -0.39 is 26.0 Å². The second kappa shape index (κ2) is 12.8. The van der Waals surface area contributed by atoms with Gasteiger partial charge in [0.05, 0.1) is 5.69 Å². The molecule has 11 rings (SSSR count). The Kier molecular flexibility index (Phi) is 5.67. The number of benzene rings is 10. The van der Waals surface area contributed by atoms with Crippen LogP contribution < -0.4 is 4.90 Å². The lowest BCUT2D eigenvalue weighted by atomic mass is 9.77. The van der Waals surface area contributed by atoms with Gasteiger partial charge in [-0.3, -0.25) is 0 Å². The predicted molar refractivity (Wildman–Crippen MR) is 245 cm³/mol. The molecule has 0 heterocycles. The molecule has 0 unspecified atom stereocenters.